The van der Waals surface area contributed by atoms with Gasteiger partial charge in [0.15, 0.2) is 11.5 Å². The Hall–Kier alpha value is -4.37. The lowest BCUT2D eigenvalue weighted by atomic mass is 10.1. The average molecular weight is 508 g/mol. The molecular weight excluding hydrogens is 486 g/mol. The van der Waals surface area contributed by atoms with Crippen LogP contribution in [0.25, 0.3) is 6.08 Å². The molecule has 0 aliphatic carbocycles. The Bertz CT molecular complexity index is 1370. The highest BCUT2D eigenvalue weighted by molar-refractivity contribution is 6.32. The minimum Gasteiger partial charge on any atom is -0.493 e. The van der Waals surface area contributed by atoms with Crippen LogP contribution in [0.15, 0.2) is 66.4 Å². The summed E-state index contributed by atoms with van der Waals surface area (Å²) in [6.07, 6.45) is 1.51. The molecule has 0 saturated carbocycles. The second-order valence-corrected chi connectivity index (χ2v) is 8.52. The highest BCUT2D eigenvalue weighted by Gasteiger charge is 2.33. The Morgan fingerprint density at radius 2 is 1.83 bits per heavy atom. The number of nitro benzene ring substituents is 1. The number of nitrogens with one attached hydrogen (secondary N) is 1. The summed E-state index contributed by atoms with van der Waals surface area (Å²) >= 11 is 6.44. The number of methoxy groups -OCH3 is 1. The number of rotatable bonds is 8. The van der Waals surface area contributed by atoms with Crippen molar-refractivity contribution in [3.8, 4) is 11.5 Å². The van der Waals surface area contributed by atoms with E-state index in [1.165, 1.54) is 25.3 Å². The van der Waals surface area contributed by atoms with Gasteiger partial charge >= 0.3 is 6.03 Å². The molecule has 0 aromatic heterocycles. The van der Waals surface area contributed by atoms with Crippen LogP contribution in [0.2, 0.25) is 5.02 Å². The molecule has 3 aromatic carbocycles. The van der Waals surface area contributed by atoms with Gasteiger partial charge in [0.2, 0.25) is 0 Å². The fourth-order valence-electron chi connectivity index (χ4n) is 3.64. The number of aryl methyl sites for hydroxylation is 1. The van der Waals surface area contributed by atoms with E-state index in [1.54, 1.807) is 24.3 Å². The molecule has 0 radical (unpaired) electrons. The lowest BCUT2D eigenvalue weighted by Crippen LogP contribution is -2.30. The number of hydrogen-bond acceptors (Lipinski definition) is 6. The highest BCUT2D eigenvalue weighted by Crippen LogP contribution is 2.38. The SMILES string of the molecule is COc1cc(/C=C2/NC(=O)N(Cc3ccc(C)cc3)C2=O)cc(Cl)c1OCc1cccc([N+](=O)[O-])c1. The summed E-state index contributed by atoms with van der Waals surface area (Å²) in [7, 11) is 1.44. The van der Waals surface area contributed by atoms with Crippen molar-refractivity contribution >= 4 is 35.3 Å². The number of amides is 3. The molecule has 3 amide bonds. The molecule has 1 N–H and O–H groups in total. The van der Waals surface area contributed by atoms with E-state index >= 15 is 0 Å². The molecule has 10 heteroatoms. The standard InChI is InChI=1S/C26H22ClN3O6/c1-16-6-8-17(9-7-16)14-29-25(31)22(28-26(29)32)12-19-11-21(27)24(23(13-19)35-2)36-15-18-4-3-5-20(10-18)30(33)34/h3-13H,14-15H2,1-2H3,(H,28,32)/b22-12+. The Kier molecular flexibility index (Phi) is 7.21. The van der Waals surface area contributed by atoms with Crippen LogP contribution < -0.4 is 14.8 Å². The van der Waals surface area contributed by atoms with E-state index in [4.69, 9.17) is 21.1 Å². The largest absolute Gasteiger partial charge is 0.493 e. The topological polar surface area (TPSA) is 111 Å². The Morgan fingerprint density at radius 1 is 1.08 bits per heavy atom. The van der Waals surface area contributed by atoms with Gasteiger partial charge in [0.1, 0.15) is 12.3 Å². The first-order valence-corrected chi connectivity index (χ1v) is 11.3. The van der Waals surface area contributed by atoms with Gasteiger partial charge in [-0.15, -0.1) is 0 Å². The molecular formula is C26H22ClN3O6. The molecule has 1 aliphatic rings. The minimum atomic E-state index is -0.512. The number of non-ortho nitro benzene ring substituents is 1. The summed E-state index contributed by atoms with van der Waals surface area (Å²) in [5.41, 5.74) is 3.08. The molecule has 3 aromatic rings. The van der Waals surface area contributed by atoms with E-state index in [0.29, 0.717) is 16.9 Å². The molecule has 0 spiro atoms. The van der Waals surface area contributed by atoms with E-state index in [9.17, 15) is 19.7 Å². The summed E-state index contributed by atoms with van der Waals surface area (Å²) in [4.78, 5) is 36.9. The lowest BCUT2D eigenvalue weighted by Gasteiger charge is -2.14. The van der Waals surface area contributed by atoms with Gasteiger partial charge < -0.3 is 14.8 Å². The maximum atomic E-state index is 12.9. The first kappa shape index (κ1) is 24.7. The van der Waals surface area contributed by atoms with Crippen LogP contribution in [0.3, 0.4) is 0 Å². The predicted octanol–water partition coefficient (Wildman–Crippen LogP) is 5.24. The molecule has 1 fully saturated rings. The van der Waals surface area contributed by atoms with Crippen LogP contribution in [0, 0.1) is 17.0 Å². The molecule has 1 aliphatic heterocycles. The summed E-state index contributed by atoms with van der Waals surface area (Å²) in [5, 5.41) is 13.8. The van der Waals surface area contributed by atoms with E-state index in [0.717, 1.165) is 16.0 Å². The number of halogens is 1. The summed E-state index contributed by atoms with van der Waals surface area (Å²) in [6, 6.07) is 16.3. The molecule has 9 nitrogen and oxygen atoms in total. The second kappa shape index (κ2) is 10.5. The number of ether oxygens (including phenoxy) is 2. The number of carbonyl (C=O) groups is 2. The highest BCUT2D eigenvalue weighted by atomic mass is 35.5. The van der Waals surface area contributed by atoms with Crippen molar-refractivity contribution in [2.75, 3.05) is 7.11 Å². The van der Waals surface area contributed by atoms with Crippen molar-refractivity contribution in [3.05, 3.63) is 104 Å². The quantitative estimate of drug-likeness (QED) is 0.193. The van der Waals surface area contributed by atoms with Crippen LogP contribution in [-0.2, 0) is 17.9 Å². The number of urea groups is 1. The van der Waals surface area contributed by atoms with Crippen molar-refractivity contribution in [3.63, 3.8) is 0 Å². The van der Waals surface area contributed by atoms with Crippen molar-refractivity contribution in [2.24, 2.45) is 0 Å². The van der Waals surface area contributed by atoms with Crippen LogP contribution in [0.4, 0.5) is 10.5 Å². The number of nitrogens with zero attached hydrogens (tertiary/aromatic N) is 2. The molecule has 1 saturated heterocycles. The van der Waals surface area contributed by atoms with Gasteiger partial charge in [0.25, 0.3) is 11.6 Å². The second-order valence-electron chi connectivity index (χ2n) is 8.11. The zero-order valence-corrected chi connectivity index (χ0v) is 20.2. The normalized spacial score (nSPS) is 14.2. The van der Waals surface area contributed by atoms with Crippen molar-refractivity contribution in [2.45, 2.75) is 20.1 Å². The first-order chi connectivity index (χ1) is 17.2. The minimum absolute atomic E-state index is 0.0285. The predicted molar refractivity (Wildman–Crippen MR) is 134 cm³/mol. The fourth-order valence-corrected chi connectivity index (χ4v) is 3.91. The van der Waals surface area contributed by atoms with Crippen molar-refractivity contribution < 1.29 is 24.0 Å². The zero-order valence-electron chi connectivity index (χ0n) is 19.5. The number of hydrogen-bond donors (Lipinski definition) is 1. The fraction of sp³-hybridized carbons (Fsp3) is 0.154. The molecule has 0 unspecified atom stereocenters. The van der Waals surface area contributed by atoms with Crippen molar-refractivity contribution in [1.82, 2.24) is 10.2 Å². The van der Waals surface area contributed by atoms with E-state index in [-0.39, 0.29) is 35.3 Å². The summed E-state index contributed by atoms with van der Waals surface area (Å²) in [5.74, 6) is 0.0883. The Balaban J connectivity index is 1.52. The monoisotopic (exact) mass is 507 g/mol. The zero-order chi connectivity index (χ0) is 25.8. The lowest BCUT2D eigenvalue weighted by molar-refractivity contribution is -0.384. The van der Waals surface area contributed by atoms with Gasteiger partial charge in [0, 0.05) is 12.1 Å². The summed E-state index contributed by atoms with van der Waals surface area (Å²) < 4.78 is 11.2. The smallest absolute Gasteiger partial charge is 0.329 e. The molecule has 1 heterocycles. The van der Waals surface area contributed by atoms with Crippen LogP contribution in [0.1, 0.15) is 22.3 Å². The molecule has 4 rings (SSSR count). The van der Waals surface area contributed by atoms with E-state index < -0.39 is 16.9 Å². The van der Waals surface area contributed by atoms with Gasteiger partial charge in [-0.3, -0.25) is 19.8 Å². The van der Waals surface area contributed by atoms with Gasteiger partial charge in [-0.05, 0) is 41.8 Å². The number of imide groups is 1. The van der Waals surface area contributed by atoms with Crippen LogP contribution >= 0.6 is 11.6 Å². The molecule has 0 atom stereocenters. The average Bonchev–Trinajstić information content (AvgIpc) is 3.11. The van der Waals surface area contributed by atoms with Crippen LogP contribution in [0.5, 0.6) is 11.5 Å². The van der Waals surface area contributed by atoms with Crippen molar-refractivity contribution in [1.29, 1.82) is 0 Å². The van der Waals surface area contributed by atoms with E-state index in [2.05, 4.69) is 5.32 Å². The maximum absolute atomic E-state index is 12.9. The van der Waals surface area contributed by atoms with Gasteiger partial charge in [-0.25, -0.2) is 4.79 Å². The summed E-state index contributed by atoms with van der Waals surface area (Å²) in [6.45, 7) is 2.14. The first-order valence-electron chi connectivity index (χ1n) is 10.9. The molecule has 0 bridgehead atoms. The van der Waals surface area contributed by atoms with Gasteiger partial charge in [0.05, 0.1) is 23.6 Å². The third-order valence-corrected chi connectivity index (χ3v) is 5.77. The maximum Gasteiger partial charge on any atom is 0.329 e. The third kappa shape index (κ3) is 5.47. The van der Waals surface area contributed by atoms with Gasteiger partial charge in [-0.1, -0.05) is 53.6 Å². The third-order valence-electron chi connectivity index (χ3n) is 5.49. The number of benzene rings is 3. The number of nitro groups is 1. The van der Waals surface area contributed by atoms with Gasteiger partial charge in [-0.2, -0.15) is 0 Å². The van der Waals surface area contributed by atoms with Crippen LogP contribution in [-0.4, -0.2) is 28.9 Å². The molecule has 36 heavy (non-hydrogen) atoms. The number of carbonyl (C=O) groups excluding carboxylic acids is 2. The Morgan fingerprint density at radius 3 is 2.53 bits per heavy atom. The Labute approximate surface area is 212 Å². The van der Waals surface area contributed by atoms with E-state index in [1.807, 2.05) is 31.2 Å². The molecule has 184 valence electrons.